The van der Waals surface area contributed by atoms with Crippen molar-refractivity contribution in [3.8, 4) is 0 Å². The second-order valence-electron chi connectivity index (χ2n) is 7.52. The van der Waals surface area contributed by atoms with Crippen LogP contribution in [0, 0.1) is 5.92 Å². The number of hydrogen-bond acceptors (Lipinski definition) is 3. The van der Waals surface area contributed by atoms with Crippen LogP contribution in [0.15, 0.2) is 52.8 Å². The van der Waals surface area contributed by atoms with Crippen LogP contribution in [0.2, 0.25) is 0 Å². The van der Waals surface area contributed by atoms with Crippen molar-refractivity contribution < 1.29 is 0 Å². The van der Waals surface area contributed by atoms with Gasteiger partial charge in [-0.1, -0.05) is 43.3 Å². The van der Waals surface area contributed by atoms with E-state index < -0.39 is 0 Å². The van der Waals surface area contributed by atoms with E-state index in [-0.39, 0.29) is 0 Å². The second kappa shape index (κ2) is 10.5. The minimum atomic E-state index is 0.510. The van der Waals surface area contributed by atoms with Crippen LogP contribution in [-0.4, -0.2) is 43.6 Å². The summed E-state index contributed by atoms with van der Waals surface area (Å²) in [6.07, 6.45) is 3.45. The molecular formula is C22H32N4S. The quantitative estimate of drug-likeness (QED) is 0.564. The van der Waals surface area contributed by atoms with E-state index in [9.17, 15) is 0 Å². The van der Waals surface area contributed by atoms with Crippen molar-refractivity contribution in [2.24, 2.45) is 10.9 Å². The number of rotatable bonds is 7. The Kier molecular flexibility index (Phi) is 7.72. The number of thiophene rings is 1. The molecule has 1 unspecified atom stereocenters. The van der Waals surface area contributed by atoms with Gasteiger partial charge in [-0.15, -0.1) is 11.3 Å². The van der Waals surface area contributed by atoms with Crippen molar-refractivity contribution in [2.75, 3.05) is 26.7 Å². The lowest BCUT2D eigenvalue weighted by Gasteiger charge is -2.33. The number of benzene rings is 1. The summed E-state index contributed by atoms with van der Waals surface area (Å²) < 4.78 is 0. The van der Waals surface area contributed by atoms with Gasteiger partial charge in [-0.25, -0.2) is 0 Å². The van der Waals surface area contributed by atoms with E-state index in [4.69, 9.17) is 0 Å². The highest BCUT2D eigenvalue weighted by molar-refractivity contribution is 7.09. The third kappa shape index (κ3) is 6.67. The highest BCUT2D eigenvalue weighted by Crippen LogP contribution is 2.15. The van der Waals surface area contributed by atoms with Crippen LogP contribution in [0.3, 0.4) is 0 Å². The largest absolute Gasteiger partial charge is 0.356 e. The fourth-order valence-corrected chi connectivity index (χ4v) is 4.45. The minimum Gasteiger partial charge on any atom is -0.356 e. The van der Waals surface area contributed by atoms with Gasteiger partial charge in [-0.05, 0) is 42.2 Å². The Morgan fingerprint density at radius 2 is 1.96 bits per heavy atom. The molecule has 0 saturated carbocycles. The maximum atomic E-state index is 4.42. The number of likely N-dealkylation sites (tertiary alicyclic amines) is 1. The number of aliphatic imine (C=N–C) groups is 1. The maximum absolute atomic E-state index is 4.42. The zero-order valence-electron chi connectivity index (χ0n) is 16.5. The van der Waals surface area contributed by atoms with Gasteiger partial charge >= 0.3 is 0 Å². The Morgan fingerprint density at radius 1 is 1.19 bits per heavy atom. The first-order chi connectivity index (χ1) is 13.2. The molecule has 4 nitrogen and oxygen atoms in total. The molecule has 1 aliphatic rings. The predicted octanol–water partition coefficient (Wildman–Crippen LogP) is 3.76. The van der Waals surface area contributed by atoms with Crippen molar-refractivity contribution in [3.63, 3.8) is 0 Å². The topological polar surface area (TPSA) is 39.7 Å². The lowest BCUT2D eigenvalue weighted by Crippen LogP contribution is -2.49. The van der Waals surface area contributed by atoms with Gasteiger partial charge in [0, 0.05) is 44.1 Å². The number of nitrogens with one attached hydrogen (secondary N) is 2. The van der Waals surface area contributed by atoms with Crippen molar-refractivity contribution in [2.45, 2.75) is 38.8 Å². The first-order valence-corrected chi connectivity index (χ1v) is 10.9. The molecule has 0 amide bonds. The summed E-state index contributed by atoms with van der Waals surface area (Å²) in [6.45, 7) is 6.57. The van der Waals surface area contributed by atoms with Crippen LogP contribution >= 0.6 is 11.3 Å². The predicted molar refractivity (Wildman–Crippen MR) is 116 cm³/mol. The van der Waals surface area contributed by atoms with Gasteiger partial charge in [0.1, 0.15) is 0 Å². The van der Waals surface area contributed by atoms with Crippen molar-refractivity contribution in [3.05, 3.63) is 58.3 Å². The molecule has 0 bridgehead atoms. The third-order valence-electron chi connectivity index (χ3n) is 5.15. The minimum absolute atomic E-state index is 0.510. The average Bonchev–Trinajstić information content (AvgIpc) is 3.20. The van der Waals surface area contributed by atoms with Gasteiger partial charge in [0.2, 0.25) is 0 Å². The monoisotopic (exact) mass is 384 g/mol. The molecule has 27 heavy (non-hydrogen) atoms. The molecule has 2 heterocycles. The molecule has 1 saturated heterocycles. The molecule has 5 heteroatoms. The summed E-state index contributed by atoms with van der Waals surface area (Å²) in [5.41, 5.74) is 1.40. The number of hydrogen-bond donors (Lipinski definition) is 2. The van der Waals surface area contributed by atoms with E-state index in [2.05, 4.69) is 75.3 Å². The van der Waals surface area contributed by atoms with Gasteiger partial charge in [0.15, 0.2) is 5.96 Å². The molecule has 1 aromatic carbocycles. The third-order valence-corrected chi connectivity index (χ3v) is 6.05. The second-order valence-corrected chi connectivity index (χ2v) is 8.55. The molecule has 2 N–H and O–H groups in total. The lowest BCUT2D eigenvalue weighted by molar-refractivity contribution is 0.198. The number of guanidine groups is 1. The molecule has 2 aromatic rings. The number of nitrogens with zero attached hydrogens (tertiary/aromatic N) is 2. The molecule has 146 valence electrons. The van der Waals surface area contributed by atoms with E-state index in [0.29, 0.717) is 12.0 Å². The SMILES string of the molecule is CN=C(NCC(C)Cc1cccs1)NC1CCN(Cc2ccccc2)CC1. The van der Waals surface area contributed by atoms with E-state index in [1.54, 1.807) is 0 Å². The molecule has 1 atom stereocenters. The molecule has 1 aromatic heterocycles. The summed E-state index contributed by atoms with van der Waals surface area (Å²) in [6, 6.07) is 15.6. The summed E-state index contributed by atoms with van der Waals surface area (Å²) in [4.78, 5) is 8.43. The molecule has 1 fully saturated rings. The van der Waals surface area contributed by atoms with Crippen molar-refractivity contribution in [1.82, 2.24) is 15.5 Å². The Hall–Kier alpha value is -1.85. The van der Waals surface area contributed by atoms with Crippen LogP contribution in [0.1, 0.15) is 30.2 Å². The summed E-state index contributed by atoms with van der Waals surface area (Å²) in [5.74, 6) is 1.53. The van der Waals surface area contributed by atoms with Crippen LogP contribution in [0.25, 0.3) is 0 Å². The zero-order chi connectivity index (χ0) is 18.9. The smallest absolute Gasteiger partial charge is 0.191 e. The Labute approximate surface area is 167 Å². The van der Waals surface area contributed by atoms with Gasteiger partial charge in [0.25, 0.3) is 0 Å². The summed E-state index contributed by atoms with van der Waals surface area (Å²) in [5, 5.41) is 9.28. The molecule has 0 spiro atoms. The first kappa shape index (κ1) is 19.9. The molecule has 0 aliphatic carbocycles. The van der Waals surface area contributed by atoms with Crippen LogP contribution in [-0.2, 0) is 13.0 Å². The van der Waals surface area contributed by atoms with Crippen LogP contribution in [0.4, 0.5) is 0 Å². The standard InChI is InChI=1S/C22H32N4S/c1-18(15-21-9-6-14-27-21)16-24-22(23-2)25-20-10-12-26(13-11-20)17-19-7-4-3-5-8-19/h3-9,14,18,20H,10-13,15-17H2,1-2H3,(H2,23,24,25). The fourth-order valence-electron chi connectivity index (χ4n) is 3.58. The van der Waals surface area contributed by atoms with Crippen LogP contribution in [0.5, 0.6) is 0 Å². The molecular weight excluding hydrogens is 352 g/mol. The molecule has 1 aliphatic heterocycles. The Morgan fingerprint density at radius 3 is 2.63 bits per heavy atom. The first-order valence-electron chi connectivity index (χ1n) is 9.99. The highest BCUT2D eigenvalue weighted by atomic mass is 32.1. The van der Waals surface area contributed by atoms with Gasteiger partial charge in [-0.2, -0.15) is 0 Å². The summed E-state index contributed by atoms with van der Waals surface area (Å²) in [7, 11) is 1.86. The molecule has 0 radical (unpaired) electrons. The van der Waals surface area contributed by atoms with Gasteiger partial charge < -0.3 is 10.6 Å². The molecule has 3 rings (SSSR count). The number of piperidine rings is 1. The van der Waals surface area contributed by atoms with Gasteiger partial charge in [0.05, 0.1) is 0 Å². The average molecular weight is 385 g/mol. The van der Waals surface area contributed by atoms with E-state index >= 15 is 0 Å². The van der Waals surface area contributed by atoms with E-state index in [0.717, 1.165) is 51.4 Å². The fraction of sp³-hybridized carbons (Fsp3) is 0.500. The Bertz CT molecular complexity index is 676. The van der Waals surface area contributed by atoms with Crippen molar-refractivity contribution >= 4 is 17.3 Å². The highest BCUT2D eigenvalue weighted by Gasteiger charge is 2.20. The maximum Gasteiger partial charge on any atom is 0.191 e. The van der Waals surface area contributed by atoms with E-state index in [1.165, 1.54) is 10.4 Å². The zero-order valence-corrected chi connectivity index (χ0v) is 17.3. The Balaban J connectivity index is 1.36. The van der Waals surface area contributed by atoms with Gasteiger partial charge in [-0.3, -0.25) is 9.89 Å². The van der Waals surface area contributed by atoms with E-state index in [1.807, 2.05) is 18.4 Å². The normalized spacial score (nSPS) is 17.6. The lowest BCUT2D eigenvalue weighted by atomic mass is 10.0. The van der Waals surface area contributed by atoms with Crippen LogP contribution < -0.4 is 10.6 Å². The van der Waals surface area contributed by atoms with Crippen molar-refractivity contribution in [1.29, 1.82) is 0 Å². The summed E-state index contributed by atoms with van der Waals surface area (Å²) >= 11 is 1.84.